The first-order chi connectivity index (χ1) is 13.1. The highest BCUT2D eigenvalue weighted by Gasteiger charge is 2.30. The first-order valence-electron chi connectivity index (χ1n) is 8.65. The van der Waals surface area contributed by atoms with Gasteiger partial charge in [-0.2, -0.15) is 0 Å². The lowest BCUT2D eigenvalue weighted by Gasteiger charge is -2.07. The van der Waals surface area contributed by atoms with Crippen LogP contribution in [0, 0.1) is 0 Å². The maximum Gasteiger partial charge on any atom is 0.219 e. The summed E-state index contributed by atoms with van der Waals surface area (Å²) in [4.78, 5) is 15.5. The van der Waals surface area contributed by atoms with Crippen LogP contribution in [0.15, 0.2) is 40.0 Å². The van der Waals surface area contributed by atoms with Gasteiger partial charge in [0.15, 0.2) is 10.9 Å². The lowest BCUT2D eigenvalue weighted by molar-refractivity contribution is -0.118. The fraction of sp³-hybridized carbons (Fsp3) is 0.333. The van der Waals surface area contributed by atoms with Crippen LogP contribution in [0.3, 0.4) is 0 Å². The Morgan fingerprint density at radius 2 is 2.22 bits per heavy atom. The maximum atomic E-state index is 11.2. The molecule has 1 saturated carbocycles. The van der Waals surface area contributed by atoms with Gasteiger partial charge in [0.2, 0.25) is 11.8 Å². The zero-order valence-corrected chi connectivity index (χ0v) is 16.0. The molecule has 1 aliphatic rings. The number of nitrogens with two attached hydrogens (primary N) is 1. The minimum Gasteiger partial charge on any atom is -0.440 e. The van der Waals surface area contributed by atoms with E-state index in [1.807, 2.05) is 28.8 Å². The number of hydrogen-bond donors (Lipinski definition) is 1. The lowest BCUT2D eigenvalue weighted by atomic mass is 10.2. The number of thioether (sulfide) groups is 1. The van der Waals surface area contributed by atoms with Crippen molar-refractivity contribution in [1.29, 1.82) is 0 Å². The number of nitrogens with zero attached hydrogens (tertiary/aromatic N) is 4. The minimum absolute atomic E-state index is 0.267. The fourth-order valence-electron chi connectivity index (χ4n) is 2.76. The molecular formula is C18H18ClN5O2S. The third-order valence-corrected chi connectivity index (χ3v) is 5.44. The van der Waals surface area contributed by atoms with E-state index in [2.05, 4.69) is 15.2 Å². The summed E-state index contributed by atoms with van der Waals surface area (Å²) in [6, 6.07) is 7.44. The van der Waals surface area contributed by atoms with Crippen molar-refractivity contribution in [3.8, 4) is 11.3 Å². The topological polar surface area (TPSA) is 99.8 Å². The Hall–Kier alpha value is -2.32. The zero-order chi connectivity index (χ0) is 18.8. The molecule has 3 aromatic rings. The Morgan fingerprint density at radius 3 is 2.96 bits per heavy atom. The van der Waals surface area contributed by atoms with Gasteiger partial charge in [0, 0.05) is 29.5 Å². The average Bonchev–Trinajstić information content (AvgIpc) is 3.24. The van der Waals surface area contributed by atoms with Crippen molar-refractivity contribution in [1.82, 2.24) is 19.7 Å². The summed E-state index contributed by atoms with van der Waals surface area (Å²) >= 11 is 7.51. The number of carbonyl (C=O) groups excluding carboxylic acids is 1. The molecule has 2 aromatic heterocycles. The van der Waals surface area contributed by atoms with Crippen molar-refractivity contribution in [2.75, 3.05) is 0 Å². The van der Waals surface area contributed by atoms with E-state index < -0.39 is 0 Å². The van der Waals surface area contributed by atoms with Crippen LogP contribution in [-0.2, 0) is 17.1 Å². The number of benzene rings is 1. The largest absolute Gasteiger partial charge is 0.440 e. The predicted octanol–water partition coefficient (Wildman–Crippen LogP) is 3.63. The average molecular weight is 404 g/mol. The number of oxazole rings is 1. The predicted molar refractivity (Wildman–Crippen MR) is 102 cm³/mol. The fourth-order valence-corrected chi connectivity index (χ4v) is 3.78. The van der Waals surface area contributed by atoms with Gasteiger partial charge in [0.05, 0.1) is 11.9 Å². The summed E-state index contributed by atoms with van der Waals surface area (Å²) in [5, 5.41) is 9.99. The molecule has 1 aromatic carbocycles. The minimum atomic E-state index is -0.333. The summed E-state index contributed by atoms with van der Waals surface area (Å²) in [5.74, 6) is 2.82. The summed E-state index contributed by atoms with van der Waals surface area (Å²) in [6.45, 7) is 0.496. The third kappa shape index (κ3) is 4.33. The molecule has 27 heavy (non-hydrogen) atoms. The second-order valence-electron chi connectivity index (χ2n) is 6.40. The zero-order valence-electron chi connectivity index (χ0n) is 14.5. The molecule has 0 aliphatic heterocycles. The van der Waals surface area contributed by atoms with Crippen LogP contribution in [0.25, 0.3) is 11.3 Å². The molecule has 0 atom stereocenters. The molecule has 140 valence electrons. The van der Waals surface area contributed by atoms with Crippen molar-refractivity contribution in [3.05, 3.63) is 47.2 Å². The van der Waals surface area contributed by atoms with Crippen molar-refractivity contribution >= 4 is 29.3 Å². The molecule has 7 nitrogen and oxygen atoms in total. The number of halogens is 1. The van der Waals surface area contributed by atoms with E-state index in [1.54, 1.807) is 6.20 Å². The van der Waals surface area contributed by atoms with Crippen LogP contribution >= 0.6 is 23.4 Å². The standard InChI is InChI=1S/C18H18ClN5O2S/c19-13-3-1-2-12(8-13)14-9-21-16(26-14)10-27-18-23-22-17(11-4-5-11)24(18)7-6-15(20)25/h1-3,8-9,11H,4-7,10H2,(H2,20,25). The summed E-state index contributed by atoms with van der Waals surface area (Å²) in [7, 11) is 0. The molecule has 1 aliphatic carbocycles. The molecule has 0 radical (unpaired) electrons. The number of hydrogen-bond acceptors (Lipinski definition) is 6. The molecule has 1 fully saturated rings. The summed E-state index contributed by atoms with van der Waals surface area (Å²) < 4.78 is 7.82. The van der Waals surface area contributed by atoms with E-state index in [1.165, 1.54) is 11.8 Å². The quantitative estimate of drug-likeness (QED) is 0.576. The Morgan fingerprint density at radius 1 is 1.37 bits per heavy atom. The van der Waals surface area contributed by atoms with Crippen LogP contribution in [0.1, 0.15) is 36.9 Å². The molecule has 0 saturated heterocycles. The lowest BCUT2D eigenvalue weighted by Crippen LogP contribution is -2.15. The van der Waals surface area contributed by atoms with Crippen molar-refractivity contribution < 1.29 is 9.21 Å². The number of carbonyl (C=O) groups is 1. The van der Waals surface area contributed by atoms with Crippen LogP contribution in [-0.4, -0.2) is 25.7 Å². The van der Waals surface area contributed by atoms with Crippen LogP contribution in [0.2, 0.25) is 5.02 Å². The van der Waals surface area contributed by atoms with Gasteiger partial charge in [-0.1, -0.05) is 35.5 Å². The normalized spacial score (nSPS) is 13.8. The van der Waals surface area contributed by atoms with Crippen molar-refractivity contribution in [3.63, 3.8) is 0 Å². The van der Waals surface area contributed by atoms with Crippen molar-refractivity contribution in [2.45, 2.75) is 42.6 Å². The molecule has 2 N–H and O–H groups in total. The molecular weight excluding hydrogens is 386 g/mol. The van der Waals surface area contributed by atoms with Gasteiger partial charge >= 0.3 is 0 Å². The number of amides is 1. The second-order valence-corrected chi connectivity index (χ2v) is 7.78. The first kappa shape index (κ1) is 18.1. The van der Waals surface area contributed by atoms with Gasteiger partial charge in [0.25, 0.3) is 0 Å². The summed E-state index contributed by atoms with van der Waals surface area (Å²) in [5.41, 5.74) is 6.18. The SMILES string of the molecule is NC(=O)CCn1c(SCc2ncc(-c3cccc(Cl)c3)o2)nnc1C1CC1. The van der Waals surface area contributed by atoms with Crippen LogP contribution in [0.4, 0.5) is 0 Å². The Balaban J connectivity index is 1.46. The molecule has 0 spiro atoms. The molecule has 0 unspecified atom stereocenters. The van der Waals surface area contributed by atoms with E-state index in [4.69, 9.17) is 21.8 Å². The molecule has 4 rings (SSSR count). The van der Waals surface area contributed by atoms with Crippen LogP contribution < -0.4 is 5.73 Å². The highest BCUT2D eigenvalue weighted by molar-refractivity contribution is 7.98. The van der Waals surface area contributed by atoms with E-state index in [9.17, 15) is 4.79 Å². The van der Waals surface area contributed by atoms with Gasteiger partial charge in [-0.05, 0) is 25.0 Å². The van der Waals surface area contributed by atoms with E-state index in [0.29, 0.717) is 34.9 Å². The van der Waals surface area contributed by atoms with Gasteiger partial charge < -0.3 is 14.7 Å². The van der Waals surface area contributed by atoms with Gasteiger partial charge in [-0.3, -0.25) is 4.79 Å². The number of aromatic nitrogens is 4. The Kier molecular flexibility index (Phi) is 5.18. The van der Waals surface area contributed by atoms with Gasteiger partial charge in [-0.15, -0.1) is 10.2 Å². The number of primary amides is 1. The van der Waals surface area contributed by atoms with E-state index in [-0.39, 0.29) is 12.3 Å². The summed E-state index contributed by atoms with van der Waals surface area (Å²) in [6.07, 6.45) is 4.18. The Bertz CT molecular complexity index is 966. The molecule has 0 bridgehead atoms. The number of rotatable bonds is 8. The second kappa shape index (κ2) is 7.74. The van der Waals surface area contributed by atoms with Crippen molar-refractivity contribution in [2.24, 2.45) is 5.73 Å². The monoisotopic (exact) mass is 403 g/mol. The highest BCUT2D eigenvalue weighted by atomic mass is 35.5. The smallest absolute Gasteiger partial charge is 0.219 e. The van der Waals surface area contributed by atoms with E-state index >= 15 is 0 Å². The van der Waals surface area contributed by atoms with Crippen LogP contribution in [0.5, 0.6) is 0 Å². The van der Waals surface area contributed by atoms with Gasteiger partial charge in [-0.25, -0.2) is 4.98 Å². The molecule has 2 heterocycles. The van der Waals surface area contributed by atoms with Gasteiger partial charge in [0.1, 0.15) is 5.82 Å². The van der Waals surface area contributed by atoms with E-state index in [0.717, 1.165) is 29.4 Å². The Labute approximate surface area is 165 Å². The first-order valence-corrected chi connectivity index (χ1v) is 10.0. The molecule has 1 amide bonds. The third-order valence-electron chi connectivity index (χ3n) is 4.26. The molecule has 9 heteroatoms. The maximum absolute atomic E-state index is 11.2. The highest BCUT2D eigenvalue weighted by Crippen LogP contribution is 2.40.